The summed E-state index contributed by atoms with van der Waals surface area (Å²) in [6, 6.07) is 6.36. The van der Waals surface area contributed by atoms with E-state index < -0.39 is 17.6 Å². The average Bonchev–Trinajstić information content (AvgIpc) is 2.80. The summed E-state index contributed by atoms with van der Waals surface area (Å²) in [4.78, 5) is 6.55. The second-order valence-electron chi connectivity index (χ2n) is 4.30. The number of alkyl halides is 3. The molecule has 0 bridgehead atoms. The van der Waals surface area contributed by atoms with Gasteiger partial charge in [0.1, 0.15) is 11.5 Å². The molecule has 2 heterocycles. The van der Waals surface area contributed by atoms with Gasteiger partial charge in [0.05, 0.1) is 11.8 Å². The first-order valence-corrected chi connectivity index (χ1v) is 5.76. The summed E-state index contributed by atoms with van der Waals surface area (Å²) in [6.45, 7) is 0. The maximum Gasteiger partial charge on any atom is 0.417 e. The van der Waals surface area contributed by atoms with Crippen molar-refractivity contribution in [2.75, 3.05) is 0 Å². The van der Waals surface area contributed by atoms with E-state index >= 15 is 0 Å². The van der Waals surface area contributed by atoms with Crippen LogP contribution in [0.25, 0.3) is 22.2 Å². The molecule has 0 radical (unpaired) electrons. The number of nitrogens with zero attached hydrogens (tertiary/aromatic N) is 1. The van der Waals surface area contributed by atoms with Gasteiger partial charge in [-0.15, -0.1) is 0 Å². The Bertz CT molecular complexity index is 774. The Morgan fingerprint density at radius 1 is 1.05 bits per heavy atom. The van der Waals surface area contributed by atoms with Gasteiger partial charge in [0.2, 0.25) is 0 Å². The summed E-state index contributed by atoms with van der Waals surface area (Å²) in [6.07, 6.45) is -2.05. The molecule has 0 fully saturated rings. The summed E-state index contributed by atoms with van der Waals surface area (Å²) in [7, 11) is 0. The van der Waals surface area contributed by atoms with Crippen LogP contribution in [0.5, 0.6) is 0 Å². The van der Waals surface area contributed by atoms with E-state index in [0.717, 1.165) is 12.3 Å². The molecule has 0 saturated heterocycles. The van der Waals surface area contributed by atoms with Gasteiger partial charge in [-0.05, 0) is 17.7 Å². The van der Waals surface area contributed by atoms with Gasteiger partial charge in [-0.1, -0.05) is 18.2 Å². The molecule has 0 aliphatic heterocycles. The predicted molar refractivity (Wildman–Crippen MR) is 66.5 cm³/mol. The largest absolute Gasteiger partial charge is 0.417 e. The van der Waals surface area contributed by atoms with E-state index in [-0.39, 0.29) is 11.1 Å². The SMILES string of the molecule is Fc1cnc2[nH]cc(-c3ccccc3C(F)(F)F)c2c1. The highest BCUT2D eigenvalue weighted by atomic mass is 19.4. The Balaban J connectivity index is 2.29. The summed E-state index contributed by atoms with van der Waals surface area (Å²) < 4.78 is 52.3. The molecule has 0 aliphatic carbocycles. The first-order valence-electron chi connectivity index (χ1n) is 5.76. The van der Waals surface area contributed by atoms with Gasteiger partial charge in [0, 0.05) is 17.1 Å². The standard InChI is InChI=1S/C14H8F4N2/c15-8-5-10-11(7-20-13(10)19-6-8)9-3-1-2-4-12(9)14(16,17)18/h1-7H,(H,19,20). The Morgan fingerprint density at radius 2 is 1.80 bits per heavy atom. The molecular weight excluding hydrogens is 272 g/mol. The lowest BCUT2D eigenvalue weighted by Crippen LogP contribution is -2.06. The number of hydrogen-bond donors (Lipinski definition) is 1. The van der Waals surface area contributed by atoms with Crippen molar-refractivity contribution >= 4 is 11.0 Å². The zero-order valence-electron chi connectivity index (χ0n) is 10.0. The molecule has 3 rings (SSSR count). The van der Waals surface area contributed by atoms with E-state index in [1.165, 1.54) is 30.5 Å². The van der Waals surface area contributed by atoms with Crippen molar-refractivity contribution in [1.29, 1.82) is 0 Å². The normalized spacial score (nSPS) is 12.0. The monoisotopic (exact) mass is 280 g/mol. The first kappa shape index (κ1) is 12.7. The third-order valence-corrected chi connectivity index (χ3v) is 3.02. The number of rotatable bonds is 1. The Labute approximate surface area is 111 Å². The Kier molecular flexibility index (Phi) is 2.74. The summed E-state index contributed by atoms with van der Waals surface area (Å²) in [5, 5.41) is 0.321. The number of aromatic nitrogens is 2. The van der Waals surface area contributed by atoms with E-state index in [4.69, 9.17) is 0 Å². The van der Waals surface area contributed by atoms with Crippen molar-refractivity contribution in [2.45, 2.75) is 6.18 Å². The molecule has 1 aromatic carbocycles. The number of aromatic amines is 1. The zero-order chi connectivity index (χ0) is 14.3. The molecule has 1 N–H and O–H groups in total. The molecule has 0 amide bonds. The zero-order valence-corrected chi connectivity index (χ0v) is 10.0. The summed E-state index contributed by atoms with van der Waals surface area (Å²) in [5.41, 5.74) is -0.137. The van der Waals surface area contributed by atoms with Gasteiger partial charge in [-0.3, -0.25) is 0 Å². The lowest BCUT2D eigenvalue weighted by atomic mass is 9.99. The predicted octanol–water partition coefficient (Wildman–Crippen LogP) is 4.39. The van der Waals surface area contributed by atoms with E-state index in [9.17, 15) is 17.6 Å². The Morgan fingerprint density at radius 3 is 2.55 bits per heavy atom. The minimum Gasteiger partial charge on any atom is -0.346 e. The average molecular weight is 280 g/mol. The number of hydrogen-bond acceptors (Lipinski definition) is 1. The van der Waals surface area contributed by atoms with Crippen LogP contribution in [0.3, 0.4) is 0 Å². The summed E-state index contributed by atoms with van der Waals surface area (Å²) in [5.74, 6) is -0.595. The fraction of sp³-hybridized carbons (Fsp3) is 0.0714. The van der Waals surface area contributed by atoms with Gasteiger partial charge in [-0.2, -0.15) is 13.2 Å². The van der Waals surface area contributed by atoms with Crippen LogP contribution in [0.1, 0.15) is 5.56 Å². The molecule has 0 unspecified atom stereocenters. The van der Waals surface area contributed by atoms with Crippen LogP contribution in [0, 0.1) is 5.82 Å². The van der Waals surface area contributed by atoms with Crippen LogP contribution in [-0.4, -0.2) is 9.97 Å². The molecule has 0 atom stereocenters. The van der Waals surface area contributed by atoms with Gasteiger partial charge in [0.15, 0.2) is 0 Å². The highest BCUT2D eigenvalue weighted by Gasteiger charge is 2.33. The van der Waals surface area contributed by atoms with Crippen LogP contribution in [-0.2, 0) is 6.18 Å². The molecule has 0 saturated carbocycles. The van der Waals surface area contributed by atoms with E-state index in [0.29, 0.717) is 11.0 Å². The second kappa shape index (κ2) is 4.33. The molecule has 6 heteroatoms. The molecule has 2 nitrogen and oxygen atoms in total. The van der Waals surface area contributed by atoms with Crippen LogP contribution in [0.15, 0.2) is 42.7 Å². The highest BCUT2D eigenvalue weighted by Crippen LogP contribution is 2.39. The van der Waals surface area contributed by atoms with Gasteiger partial charge < -0.3 is 4.98 Å². The second-order valence-corrected chi connectivity index (χ2v) is 4.30. The number of benzene rings is 1. The highest BCUT2D eigenvalue weighted by molar-refractivity contribution is 5.94. The maximum absolute atomic E-state index is 13.2. The molecular formula is C14H8F4N2. The van der Waals surface area contributed by atoms with Crippen molar-refractivity contribution in [1.82, 2.24) is 9.97 Å². The number of halogens is 4. The minimum atomic E-state index is -4.47. The van der Waals surface area contributed by atoms with Crippen LogP contribution < -0.4 is 0 Å². The lowest BCUT2D eigenvalue weighted by Gasteiger charge is -2.11. The van der Waals surface area contributed by atoms with Crippen LogP contribution >= 0.6 is 0 Å². The molecule has 0 spiro atoms. The maximum atomic E-state index is 13.2. The topological polar surface area (TPSA) is 28.7 Å². The van der Waals surface area contributed by atoms with Crippen LogP contribution in [0.2, 0.25) is 0 Å². The van der Waals surface area contributed by atoms with E-state index in [2.05, 4.69) is 9.97 Å². The lowest BCUT2D eigenvalue weighted by molar-refractivity contribution is -0.137. The van der Waals surface area contributed by atoms with Gasteiger partial charge in [0.25, 0.3) is 0 Å². The molecule has 20 heavy (non-hydrogen) atoms. The van der Waals surface area contributed by atoms with E-state index in [1.54, 1.807) is 0 Å². The minimum absolute atomic E-state index is 0.00125. The smallest absolute Gasteiger partial charge is 0.346 e. The van der Waals surface area contributed by atoms with Crippen LogP contribution in [0.4, 0.5) is 17.6 Å². The molecule has 0 aliphatic rings. The number of fused-ring (bicyclic) bond motifs is 1. The third-order valence-electron chi connectivity index (χ3n) is 3.02. The van der Waals surface area contributed by atoms with E-state index in [1.807, 2.05) is 0 Å². The number of nitrogens with one attached hydrogen (secondary N) is 1. The quantitative estimate of drug-likeness (QED) is 0.658. The first-order chi connectivity index (χ1) is 9.47. The van der Waals surface area contributed by atoms with Gasteiger partial charge >= 0.3 is 6.18 Å². The van der Waals surface area contributed by atoms with Crippen molar-refractivity contribution < 1.29 is 17.6 Å². The molecule has 102 valence electrons. The number of H-pyrrole nitrogens is 1. The Hall–Kier alpha value is -2.37. The number of pyridine rings is 1. The molecule has 2 aromatic heterocycles. The van der Waals surface area contributed by atoms with Crippen molar-refractivity contribution in [3.05, 3.63) is 54.1 Å². The fourth-order valence-corrected chi connectivity index (χ4v) is 2.17. The molecule has 3 aromatic rings. The third kappa shape index (κ3) is 2.03. The van der Waals surface area contributed by atoms with Crippen molar-refractivity contribution in [3.8, 4) is 11.1 Å². The van der Waals surface area contributed by atoms with Gasteiger partial charge in [-0.25, -0.2) is 9.37 Å². The summed E-state index contributed by atoms with van der Waals surface area (Å²) >= 11 is 0. The fourth-order valence-electron chi connectivity index (χ4n) is 2.17. The van der Waals surface area contributed by atoms with Crippen molar-refractivity contribution in [3.63, 3.8) is 0 Å². The van der Waals surface area contributed by atoms with Crippen molar-refractivity contribution in [2.24, 2.45) is 0 Å².